The number of unbranched alkanes of at least 4 members (excludes halogenated alkanes) is 1. The Bertz CT molecular complexity index is 1360. The summed E-state index contributed by atoms with van der Waals surface area (Å²) in [6, 6.07) is 16.8. The molecule has 1 aliphatic carbocycles. The summed E-state index contributed by atoms with van der Waals surface area (Å²) in [4.78, 5) is 36.5. The van der Waals surface area contributed by atoms with Crippen LogP contribution in [0.25, 0.3) is 22.2 Å². The Kier molecular flexibility index (Phi) is 6.75. The van der Waals surface area contributed by atoms with Crippen LogP contribution in [0.15, 0.2) is 54.6 Å². The molecule has 0 saturated heterocycles. The fourth-order valence-electron chi connectivity index (χ4n) is 4.83. The molecule has 1 amide bonds. The number of carbonyl (C=O) groups is 2. The first-order valence-corrected chi connectivity index (χ1v) is 12.5. The zero-order valence-corrected chi connectivity index (χ0v) is 20.0. The summed E-state index contributed by atoms with van der Waals surface area (Å²) in [5.41, 5.74) is 3.33. The van der Waals surface area contributed by atoms with Crippen LogP contribution in [0.2, 0.25) is 0 Å². The number of hydrogen-bond donors (Lipinski definition) is 1. The Morgan fingerprint density at radius 1 is 0.971 bits per heavy atom. The van der Waals surface area contributed by atoms with Crippen LogP contribution in [0.1, 0.15) is 78.6 Å². The fourth-order valence-corrected chi connectivity index (χ4v) is 4.83. The van der Waals surface area contributed by atoms with Crippen LogP contribution in [-0.2, 0) is 4.74 Å². The molecule has 0 aliphatic heterocycles. The first-order chi connectivity index (χ1) is 17.2. The third-order valence-electron chi connectivity index (χ3n) is 6.64. The van der Waals surface area contributed by atoms with Crippen LogP contribution in [0.3, 0.4) is 0 Å². The lowest BCUT2D eigenvalue weighted by Crippen LogP contribution is -2.21. The maximum absolute atomic E-state index is 13.4. The molecule has 0 atom stereocenters. The van der Waals surface area contributed by atoms with Gasteiger partial charge in [-0.25, -0.2) is 14.8 Å². The van der Waals surface area contributed by atoms with Crippen molar-refractivity contribution in [1.82, 2.24) is 14.5 Å². The molecular formula is C28H30N4O3. The number of esters is 1. The maximum Gasteiger partial charge on any atom is 0.344 e. The molecule has 2 aromatic heterocycles. The summed E-state index contributed by atoms with van der Waals surface area (Å²) in [6.07, 6.45) is 6.96. The molecule has 0 radical (unpaired) electrons. The van der Waals surface area contributed by atoms with Crippen LogP contribution in [-0.4, -0.2) is 33.0 Å². The minimum Gasteiger partial charge on any atom is -0.462 e. The summed E-state index contributed by atoms with van der Waals surface area (Å²) in [5, 5.41) is 3.05. The monoisotopic (exact) mass is 470 g/mol. The SMILES string of the molecule is CCCCOC(=O)c1c(NC(=O)c2ccccc2)n(C2CCCCC2)c2nc3ccccc3nc12. The van der Waals surface area contributed by atoms with Gasteiger partial charge in [0.25, 0.3) is 5.91 Å². The number of carbonyl (C=O) groups excluding carboxylic acids is 2. The number of aromatic nitrogens is 3. The van der Waals surface area contributed by atoms with Gasteiger partial charge < -0.3 is 14.6 Å². The van der Waals surface area contributed by atoms with Crippen molar-refractivity contribution in [2.75, 3.05) is 11.9 Å². The largest absolute Gasteiger partial charge is 0.462 e. The van der Waals surface area contributed by atoms with E-state index in [9.17, 15) is 9.59 Å². The van der Waals surface area contributed by atoms with Crippen molar-refractivity contribution in [3.8, 4) is 0 Å². The van der Waals surface area contributed by atoms with Gasteiger partial charge in [0.2, 0.25) is 0 Å². The summed E-state index contributed by atoms with van der Waals surface area (Å²) in [7, 11) is 0. The van der Waals surface area contributed by atoms with Crippen molar-refractivity contribution in [3.63, 3.8) is 0 Å². The van der Waals surface area contributed by atoms with Gasteiger partial charge in [-0.2, -0.15) is 0 Å². The summed E-state index contributed by atoms with van der Waals surface area (Å²) in [5.74, 6) is -0.332. The Balaban J connectivity index is 1.72. The summed E-state index contributed by atoms with van der Waals surface area (Å²) < 4.78 is 7.68. The molecule has 0 spiro atoms. The standard InChI is InChI=1S/C28H30N4O3/c1-2-3-18-35-28(34)23-24-26(30-22-17-11-10-16-21(22)29-24)32(20-14-8-5-9-15-20)25(23)31-27(33)19-12-6-4-7-13-19/h4,6-7,10-13,16-17,20H,2-3,5,8-9,14-15,18H2,1H3,(H,31,33). The molecule has 0 unspecified atom stereocenters. The van der Waals surface area contributed by atoms with Gasteiger partial charge >= 0.3 is 5.97 Å². The molecule has 5 rings (SSSR count). The van der Waals surface area contributed by atoms with Crippen molar-refractivity contribution in [1.29, 1.82) is 0 Å². The van der Waals surface area contributed by atoms with Gasteiger partial charge in [-0.1, -0.05) is 62.9 Å². The number of rotatable bonds is 7. The van der Waals surface area contributed by atoms with E-state index in [0.29, 0.717) is 34.7 Å². The van der Waals surface area contributed by atoms with Crippen molar-refractivity contribution >= 4 is 39.9 Å². The van der Waals surface area contributed by atoms with E-state index in [2.05, 4.69) is 5.32 Å². The number of benzene rings is 2. The predicted octanol–water partition coefficient (Wildman–Crippen LogP) is 6.30. The molecule has 7 nitrogen and oxygen atoms in total. The Morgan fingerprint density at radius 2 is 1.66 bits per heavy atom. The minimum atomic E-state index is -0.481. The lowest BCUT2D eigenvalue weighted by Gasteiger charge is -2.26. The topological polar surface area (TPSA) is 86.1 Å². The first-order valence-electron chi connectivity index (χ1n) is 12.5. The Labute approximate surface area is 204 Å². The third-order valence-corrected chi connectivity index (χ3v) is 6.64. The Hall–Kier alpha value is -3.74. The van der Waals surface area contributed by atoms with Crippen LogP contribution >= 0.6 is 0 Å². The number of hydrogen-bond acceptors (Lipinski definition) is 5. The minimum absolute atomic E-state index is 0.116. The van der Waals surface area contributed by atoms with Crippen LogP contribution in [0.4, 0.5) is 5.82 Å². The highest BCUT2D eigenvalue weighted by Crippen LogP contribution is 2.39. The zero-order chi connectivity index (χ0) is 24.2. The number of fused-ring (bicyclic) bond motifs is 2. The number of nitrogens with zero attached hydrogens (tertiary/aromatic N) is 3. The molecule has 0 bridgehead atoms. The van der Waals surface area contributed by atoms with Gasteiger partial charge in [0.15, 0.2) is 5.65 Å². The molecule has 2 aromatic carbocycles. The van der Waals surface area contributed by atoms with E-state index in [1.807, 2.05) is 54.0 Å². The number of ether oxygens (including phenoxy) is 1. The average molecular weight is 471 g/mol. The summed E-state index contributed by atoms with van der Waals surface area (Å²) in [6.45, 7) is 2.37. The number of anilines is 1. The van der Waals surface area contributed by atoms with Crippen molar-refractivity contribution in [2.24, 2.45) is 0 Å². The van der Waals surface area contributed by atoms with E-state index in [-0.39, 0.29) is 17.5 Å². The number of nitrogens with one attached hydrogen (secondary N) is 1. The molecule has 180 valence electrons. The predicted molar refractivity (Wildman–Crippen MR) is 137 cm³/mol. The normalized spacial score (nSPS) is 14.3. The highest BCUT2D eigenvalue weighted by atomic mass is 16.5. The van der Waals surface area contributed by atoms with E-state index in [1.54, 1.807) is 12.1 Å². The Morgan fingerprint density at radius 3 is 2.37 bits per heavy atom. The van der Waals surface area contributed by atoms with E-state index in [0.717, 1.165) is 44.0 Å². The molecule has 1 fully saturated rings. The molecule has 35 heavy (non-hydrogen) atoms. The second kappa shape index (κ2) is 10.3. The number of amides is 1. The molecule has 1 aliphatic rings. The zero-order valence-electron chi connectivity index (χ0n) is 20.0. The van der Waals surface area contributed by atoms with Gasteiger partial charge in [-0.15, -0.1) is 0 Å². The van der Waals surface area contributed by atoms with Crippen molar-refractivity contribution < 1.29 is 14.3 Å². The average Bonchev–Trinajstić information content (AvgIpc) is 3.20. The maximum atomic E-state index is 13.4. The lowest BCUT2D eigenvalue weighted by atomic mass is 9.95. The van der Waals surface area contributed by atoms with Crippen LogP contribution < -0.4 is 5.32 Å². The molecule has 7 heteroatoms. The fraction of sp³-hybridized carbons (Fsp3) is 0.357. The molecule has 2 heterocycles. The van der Waals surface area contributed by atoms with Crippen molar-refractivity contribution in [2.45, 2.75) is 57.9 Å². The quantitative estimate of drug-likeness (QED) is 0.253. The highest BCUT2D eigenvalue weighted by molar-refractivity contribution is 6.13. The molecule has 4 aromatic rings. The van der Waals surface area contributed by atoms with Crippen molar-refractivity contribution in [3.05, 3.63) is 65.7 Å². The van der Waals surface area contributed by atoms with E-state index >= 15 is 0 Å². The third kappa shape index (κ3) is 4.63. The van der Waals surface area contributed by atoms with Gasteiger partial charge in [0.1, 0.15) is 16.9 Å². The van der Waals surface area contributed by atoms with Gasteiger partial charge in [0.05, 0.1) is 17.6 Å². The first kappa shape index (κ1) is 23.0. The lowest BCUT2D eigenvalue weighted by molar-refractivity contribution is 0.0503. The molecule has 1 saturated carbocycles. The second-order valence-electron chi connectivity index (χ2n) is 9.08. The smallest absolute Gasteiger partial charge is 0.344 e. The van der Waals surface area contributed by atoms with E-state index in [4.69, 9.17) is 14.7 Å². The van der Waals surface area contributed by atoms with Gasteiger partial charge in [-0.3, -0.25) is 4.79 Å². The highest BCUT2D eigenvalue weighted by Gasteiger charge is 2.31. The number of para-hydroxylation sites is 2. The second-order valence-corrected chi connectivity index (χ2v) is 9.08. The van der Waals surface area contributed by atoms with Gasteiger partial charge in [0, 0.05) is 11.6 Å². The van der Waals surface area contributed by atoms with Crippen LogP contribution in [0.5, 0.6) is 0 Å². The van der Waals surface area contributed by atoms with Crippen LogP contribution in [0, 0.1) is 0 Å². The van der Waals surface area contributed by atoms with E-state index in [1.165, 1.54) is 6.42 Å². The molecular weight excluding hydrogens is 440 g/mol. The summed E-state index contributed by atoms with van der Waals surface area (Å²) >= 11 is 0. The molecule has 1 N–H and O–H groups in total. The van der Waals surface area contributed by atoms with E-state index < -0.39 is 5.97 Å². The van der Waals surface area contributed by atoms with Gasteiger partial charge in [-0.05, 0) is 43.5 Å².